The molecule has 0 saturated carbocycles. The molecule has 1 saturated heterocycles. The number of piperidine rings is 1. The van der Waals surface area contributed by atoms with Crippen LogP contribution in [0.25, 0.3) is 17.1 Å². The Kier molecular flexibility index (Phi) is 4.72. The lowest BCUT2D eigenvalue weighted by atomic mass is 10.00. The Morgan fingerprint density at radius 2 is 1.97 bits per heavy atom. The third-order valence-electron chi connectivity index (χ3n) is 5.43. The second-order valence-corrected chi connectivity index (χ2v) is 8.40. The van der Waals surface area contributed by atoms with Crippen molar-refractivity contribution in [3.05, 3.63) is 36.3 Å². The molecule has 156 valence electrons. The summed E-state index contributed by atoms with van der Waals surface area (Å²) in [5.41, 5.74) is 5.22. The van der Waals surface area contributed by atoms with Crippen molar-refractivity contribution in [2.45, 2.75) is 44.6 Å². The normalized spacial score (nSPS) is 21.2. The van der Waals surface area contributed by atoms with Crippen LogP contribution in [0.3, 0.4) is 0 Å². The van der Waals surface area contributed by atoms with E-state index in [-0.39, 0.29) is 43.1 Å². The molecule has 0 aromatic carbocycles. The van der Waals surface area contributed by atoms with Gasteiger partial charge < -0.3 is 9.88 Å². The predicted octanol–water partition coefficient (Wildman–Crippen LogP) is 3.17. The van der Waals surface area contributed by atoms with Gasteiger partial charge in [0.05, 0.1) is 5.69 Å². The summed E-state index contributed by atoms with van der Waals surface area (Å²) in [5, 5.41) is 6.46. The number of aromatic nitrogens is 3. The number of halogens is 2. The van der Waals surface area contributed by atoms with E-state index >= 15 is 0 Å². The van der Waals surface area contributed by atoms with Gasteiger partial charge in [-0.2, -0.15) is 5.10 Å². The molecule has 7 nitrogen and oxygen atoms in total. The fourth-order valence-corrected chi connectivity index (χ4v) is 3.82. The maximum absolute atomic E-state index is 13.5. The van der Waals surface area contributed by atoms with Gasteiger partial charge in [0.25, 0.3) is 11.8 Å². The molecule has 2 aromatic rings. The minimum Gasteiger partial charge on any atom is -0.367 e. The molecule has 2 N–H and O–H groups in total. The van der Waals surface area contributed by atoms with Crippen LogP contribution in [0.2, 0.25) is 0 Å². The zero-order valence-electron chi connectivity index (χ0n) is 16.9. The summed E-state index contributed by atoms with van der Waals surface area (Å²) in [6.45, 7) is 4.29. The Morgan fingerprint density at radius 3 is 2.59 bits per heavy atom. The van der Waals surface area contributed by atoms with Crippen LogP contribution >= 0.6 is 0 Å². The fourth-order valence-electron chi connectivity index (χ4n) is 3.82. The highest BCUT2D eigenvalue weighted by Gasteiger charge is 2.37. The molecule has 1 fully saturated rings. The number of nitrogens with zero attached hydrogens (tertiary/aromatic N) is 4. The average molecular weight is 404 g/mol. The fraction of sp³-hybridized carbons (Fsp3) is 0.500. The van der Waals surface area contributed by atoms with Crippen LogP contribution in [0, 0.1) is 0 Å². The summed E-state index contributed by atoms with van der Waals surface area (Å²) >= 11 is 0. The number of H-pyrrole nitrogens is 1. The van der Waals surface area contributed by atoms with Crippen LogP contribution in [0.15, 0.2) is 30.6 Å². The molecule has 0 bridgehead atoms. The number of hydrogen-bond donors (Lipinski definition) is 2. The van der Waals surface area contributed by atoms with E-state index in [1.807, 2.05) is 24.3 Å². The van der Waals surface area contributed by atoms with E-state index in [2.05, 4.69) is 35.4 Å². The predicted molar refractivity (Wildman–Crippen MR) is 106 cm³/mol. The smallest absolute Gasteiger partial charge is 0.274 e. The number of likely N-dealkylation sites (tertiary alicyclic amines) is 1. The van der Waals surface area contributed by atoms with Gasteiger partial charge in [-0.3, -0.25) is 9.80 Å². The molecule has 1 amide bonds. The Labute approximate surface area is 168 Å². The summed E-state index contributed by atoms with van der Waals surface area (Å²) in [6.07, 6.45) is 5.90. The number of hydrazine groups is 1. The topological polar surface area (TPSA) is 69.2 Å². The number of alkyl halides is 2. The lowest BCUT2D eigenvalue weighted by molar-refractivity contribution is -0.0495. The number of aromatic amines is 1. The highest BCUT2D eigenvalue weighted by Crippen LogP contribution is 2.31. The van der Waals surface area contributed by atoms with Crippen molar-refractivity contribution in [3.63, 3.8) is 0 Å². The number of hydrogen-bond acceptors (Lipinski definition) is 4. The molecular formula is C20H26F2N6O. The summed E-state index contributed by atoms with van der Waals surface area (Å²) < 4.78 is 28.7. The quantitative estimate of drug-likeness (QED) is 0.825. The van der Waals surface area contributed by atoms with Crippen molar-refractivity contribution in [1.29, 1.82) is 0 Å². The van der Waals surface area contributed by atoms with E-state index < -0.39 is 5.92 Å². The zero-order chi connectivity index (χ0) is 20.8. The Balaban J connectivity index is 1.68. The van der Waals surface area contributed by atoms with Crippen molar-refractivity contribution in [2.75, 3.05) is 20.1 Å². The molecule has 0 aliphatic carbocycles. The standard InChI is InChI=1S/C20H26F2N6O/c1-19(2)6-4-17(26(3)25-19)28-16(14-5-9-23-13-14)12-15(24-28)18(29)27-10-7-20(21,22)8-11-27/h4-5,9,12-13,23,25H,6-8,10-11H2,1-3H3. The van der Waals surface area contributed by atoms with Crippen LogP contribution in [-0.4, -0.2) is 62.2 Å². The van der Waals surface area contributed by atoms with Gasteiger partial charge in [0, 0.05) is 56.5 Å². The lowest BCUT2D eigenvalue weighted by Gasteiger charge is -2.38. The van der Waals surface area contributed by atoms with Crippen molar-refractivity contribution >= 4 is 11.7 Å². The second-order valence-electron chi connectivity index (χ2n) is 8.40. The average Bonchev–Trinajstić information content (AvgIpc) is 3.30. The summed E-state index contributed by atoms with van der Waals surface area (Å²) in [6, 6.07) is 3.64. The number of nitrogens with one attached hydrogen (secondary N) is 2. The highest BCUT2D eigenvalue weighted by molar-refractivity contribution is 5.94. The molecule has 0 atom stereocenters. The summed E-state index contributed by atoms with van der Waals surface area (Å²) in [5.74, 6) is -2.20. The molecule has 0 unspecified atom stereocenters. The van der Waals surface area contributed by atoms with Crippen molar-refractivity contribution in [2.24, 2.45) is 0 Å². The number of carbonyl (C=O) groups excluding carboxylic acids is 1. The van der Waals surface area contributed by atoms with Crippen LogP contribution in [0.1, 0.15) is 43.6 Å². The van der Waals surface area contributed by atoms with E-state index in [1.165, 1.54) is 4.90 Å². The van der Waals surface area contributed by atoms with Crippen LogP contribution in [0.4, 0.5) is 8.78 Å². The van der Waals surface area contributed by atoms with Crippen molar-refractivity contribution in [1.82, 2.24) is 30.1 Å². The van der Waals surface area contributed by atoms with Gasteiger partial charge in [-0.15, -0.1) is 0 Å². The Morgan fingerprint density at radius 1 is 1.24 bits per heavy atom. The van der Waals surface area contributed by atoms with Crippen molar-refractivity contribution in [3.8, 4) is 11.3 Å². The first-order valence-electron chi connectivity index (χ1n) is 9.78. The molecule has 0 spiro atoms. The molecule has 2 aromatic heterocycles. The molecule has 9 heteroatoms. The van der Waals surface area contributed by atoms with E-state index in [0.717, 1.165) is 23.5 Å². The first-order chi connectivity index (χ1) is 13.7. The monoisotopic (exact) mass is 404 g/mol. The lowest BCUT2D eigenvalue weighted by Crippen LogP contribution is -2.51. The van der Waals surface area contributed by atoms with Gasteiger partial charge in [-0.25, -0.2) is 18.9 Å². The Hall–Kier alpha value is -2.68. The van der Waals surface area contributed by atoms with Gasteiger partial charge in [-0.05, 0) is 38.5 Å². The van der Waals surface area contributed by atoms with Gasteiger partial charge in [0.1, 0.15) is 5.82 Å². The van der Waals surface area contributed by atoms with Crippen LogP contribution in [0.5, 0.6) is 0 Å². The van der Waals surface area contributed by atoms with E-state index in [4.69, 9.17) is 0 Å². The van der Waals surface area contributed by atoms with E-state index in [0.29, 0.717) is 0 Å². The zero-order valence-corrected chi connectivity index (χ0v) is 16.9. The Bertz CT molecular complexity index is 921. The minimum absolute atomic E-state index is 0.0382. The van der Waals surface area contributed by atoms with Gasteiger partial charge >= 0.3 is 0 Å². The largest absolute Gasteiger partial charge is 0.367 e. The summed E-state index contributed by atoms with van der Waals surface area (Å²) in [7, 11) is 1.91. The molecule has 2 aliphatic heterocycles. The first-order valence-corrected chi connectivity index (χ1v) is 9.78. The van der Waals surface area contributed by atoms with E-state index in [9.17, 15) is 13.6 Å². The number of carbonyl (C=O) groups is 1. The summed E-state index contributed by atoms with van der Waals surface area (Å²) in [4.78, 5) is 17.5. The molecule has 4 rings (SSSR count). The van der Waals surface area contributed by atoms with Gasteiger partial charge in [0.15, 0.2) is 5.69 Å². The van der Waals surface area contributed by atoms with E-state index in [1.54, 1.807) is 16.9 Å². The molecular weight excluding hydrogens is 378 g/mol. The number of amides is 1. The maximum atomic E-state index is 13.5. The minimum atomic E-state index is -2.69. The van der Waals surface area contributed by atoms with Gasteiger partial charge in [0.2, 0.25) is 0 Å². The highest BCUT2D eigenvalue weighted by atomic mass is 19.3. The maximum Gasteiger partial charge on any atom is 0.274 e. The molecule has 0 radical (unpaired) electrons. The molecule has 2 aliphatic rings. The van der Waals surface area contributed by atoms with Gasteiger partial charge in [-0.1, -0.05) is 0 Å². The number of rotatable bonds is 3. The third kappa shape index (κ3) is 3.91. The van der Waals surface area contributed by atoms with Crippen LogP contribution in [-0.2, 0) is 0 Å². The second kappa shape index (κ2) is 6.98. The SMILES string of the molecule is CN1NC(C)(C)CC=C1n1nc(C(=O)N2CCC(F)(F)CC2)cc1-c1cc[nH]c1. The molecule has 29 heavy (non-hydrogen) atoms. The van der Waals surface area contributed by atoms with Crippen LogP contribution < -0.4 is 5.43 Å². The third-order valence-corrected chi connectivity index (χ3v) is 5.43. The molecule has 4 heterocycles. The van der Waals surface area contributed by atoms with Crippen molar-refractivity contribution < 1.29 is 13.6 Å². The first kappa shape index (κ1) is 19.6.